The van der Waals surface area contributed by atoms with Crippen molar-refractivity contribution < 1.29 is 27.5 Å². The standard InChI is InChI=1S/C14H13ClF3N3O3/c1-13(11(22)24-2)7-21(12(23)19-14(16,17)18)20-10(13)8-3-5-9(15)6-4-8/h3-6H,7H2,1-2H3,(H,19,23). The van der Waals surface area contributed by atoms with E-state index in [4.69, 9.17) is 16.3 Å². The third-order valence-corrected chi connectivity index (χ3v) is 3.70. The van der Waals surface area contributed by atoms with Crippen LogP contribution >= 0.6 is 11.6 Å². The number of halogens is 4. The van der Waals surface area contributed by atoms with Crippen molar-refractivity contribution >= 4 is 29.3 Å². The number of carbonyl (C=O) groups excluding carboxylic acids is 2. The molecule has 130 valence electrons. The molecule has 1 unspecified atom stereocenters. The van der Waals surface area contributed by atoms with E-state index >= 15 is 0 Å². The molecule has 0 spiro atoms. The van der Waals surface area contributed by atoms with E-state index in [1.54, 1.807) is 12.1 Å². The minimum atomic E-state index is -4.91. The first-order chi connectivity index (χ1) is 11.1. The Kier molecular flexibility index (Phi) is 4.75. The summed E-state index contributed by atoms with van der Waals surface area (Å²) in [4.78, 5) is 23.8. The molecule has 0 saturated carbocycles. The molecular weight excluding hydrogens is 351 g/mol. The largest absolute Gasteiger partial charge is 0.486 e. The van der Waals surface area contributed by atoms with Crippen LogP contribution in [0.1, 0.15) is 12.5 Å². The molecule has 1 aliphatic heterocycles. The zero-order valence-electron chi connectivity index (χ0n) is 12.6. The van der Waals surface area contributed by atoms with Crippen molar-refractivity contribution in [1.82, 2.24) is 10.3 Å². The van der Waals surface area contributed by atoms with Crippen molar-refractivity contribution in [3.8, 4) is 0 Å². The lowest BCUT2D eigenvalue weighted by Gasteiger charge is -2.23. The van der Waals surface area contributed by atoms with E-state index < -0.39 is 23.7 Å². The summed E-state index contributed by atoms with van der Waals surface area (Å²) >= 11 is 5.80. The van der Waals surface area contributed by atoms with Gasteiger partial charge < -0.3 is 4.74 Å². The maximum atomic E-state index is 12.3. The first-order valence-electron chi connectivity index (χ1n) is 6.66. The zero-order valence-corrected chi connectivity index (χ0v) is 13.4. The number of esters is 1. The van der Waals surface area contributed by atoms with E-state index in [9.17, 15) is 22.8 Å². The van der Waals surface area contributed by atoms with Gasteiger partial charge in [-0.1, -0.05) is 23.7 Å². The average Bonchev–Trinajstić information content (AvgIpc) is 2.85. The molecule has 24 heavy (non-hydrogen) atoms. The van der Waals surface area contributed by atoms with Crippen LogP contribution in [0.5, 0.6) is 0 Å². The van der Waals surface area contributed by atoms with Crippen LogP contribution in [0.15, 0.2) is 29.4 Å². The lowest BCUT2D eigenvalue weighted by Crippen LogP contribution is -2.47. The number of nitrogens with one attached hydrogen (secondary N) is 1. The molecule has 0 radical (unpaired) electrons. The van der Waals surface area contributed by atoms with E-state index in [0.717, 1.165) is 12.4 Å². The van der Waals surface area contributed by atoms with Gasteiger partial charge in [0.2, 0.25) is 0 Å². The van der Waals surface area contributed by atoms with Gasteiger partial charge in [-0.2, -0.15) is 18.3 Å². The molecule has 1 aromatic carbocycles. The van der Waals surface area contributed by atoms with Gasteiger partial charge in [-0.05, 0) is 24.6 Å². The van der Waals surface area contributed by atoms with Crippen molar-refractivity contribution in [3.05, 3.63) is 34.9 Å². The molecule has 1 aliphatic rings. The average molecular weight is 364 g/mol. The second-order valence-corrected chi connectivity index (χ2v) is 5.70. The number of rotatable bonds is 2. The van der Waals surface area contributed by atoms with Crippen LogP contribution in [0.2, 0.25) is 5.02 Å². The Balaban J connectivity index is 2.40. The maximum Gasteiger partial charge on any atom is 0.486 e. The highest BCUT2D eigenvalue weighted by Gasteiger charge is 2.49. The summed E-state index contributed by atoms with van der Waals surface area (Å²) in [5.41, 5.74) is -0.858. The molecule has 0 fully saturated rings. The number of amides is 2. The maximum absolute atomic E-state index is 12.3. The van der Waals surface area contributed by atoms with Gasteiger partial charge >= 0.3 is 18.3 Å². The van der Waals surface area contributed by atoms with Crippen LogP contribution in [0.3, 0.4) is 0 Å². The highest BCUT2D eigenvalue weighted by molar-refractivity contribution is 6.30. The minimum absolute atomic E-state index is 0.114. The third-order valence-electron chi connectivity index (χ3n) is 3.45. The van der Waals surface area contributed by atoms with Crippen LogP contribution in [0.25, 0.3) is 0 Å². The van der Waals surface area contributed by atoms with Crippen molar-refractivity contribution in [2.75, 3.05) is 13.7 Å². The molecule has 0 aromatic heterocycles. The molecule has 6 nitrogen and oxygen atoms in total. The van der Waals surface area contributed by atoms with Crippen LogP contribution in [-0.4, -0.2) is 42.7 Å². The fourth-order valence-corrected chi connectivity index (χ4v) is 2.44. The number of benzene rings is 1. The van der Waals surface area contributed by atoms with Crippen LogP contribution < -0.4 is 5.32 Å². The van der Waals surface area contributed by atoms with Gasteiger partial charge in [0.05, 0.1) is 19.4 Å². The first kappa shape index (κ1) is 18.1. The molecule has 1 atom stereocenters. The molecular formula is C14H13ClF3N3O3. The first-order valence-corrected chi connectivity index (χ1v) is 7.04. The number of hydrazone groups is 1. The smallest absolute Gasteiger partial charge is 0.468 e. The predicted molar refractivity (Wildman–Crippen MR) is 79.4 cm³/mol. The van der Waals surface area contributed by atoms with E-state index in [0.29, 0.717) is 15.6 Å². The number of methoxy groups -OCH3 is 1. The Labute approximate surface area is 140 Å². The lowest BCUT2D eigenvalue weighted by molar-refractivity contribution is -0.148. The number of ether oxygens (including phenoxy) is 1. The van der Waals surface area contributed by atoms with Gasteiger partial charge in [0.15, 0.2) is 0 Å². The van der Waals surface area contributed by atoms with E-state index in [1.165, 1.54) is 19.1 Å². The molecule has 0 aliphatic carbocycles. The Hall–Kier alpha value is -2.29. The summed E-state index contributed by atoms with van der Waals surface area (Å²) in [6.45, 7) is 1.05. The summed E-state index contributed by atoms with van der Waals surface area (Å²) < 4.78 is 41.7. The van der Waals surface area contributed by atoms with Gasteiger partial charge in [0, 0.05) is 5.02 Å². The zero-order chi connectivity index (χ0) is 18.1. The van der Waals surface area contributed by atoms with E-state index in [1.807, 2.05) is 0 Å². The monoisotopic (exact) mass is 363 g/mol. The Morgan fingerprint density at radius 1 is 1.33 bits per heavy atom. The molecule has 1 N–H and O–H groups in total. The molecule has 2 rings (SSSR count). The normalized spacial score (nSPS) is 20.6. The van der Waals surface area contributed by atoms with Crippen LogP contribution in [0.4, 0.5) is 18.0 Å². The summed E-state index contributed by atoms with van der Waals surface area (Å²) in [5, 5.41) is 5.72. The van der Waals surface area contributed by atoms with Crippen molar-refractivity contribution in [2.24, 2.45) is 10.5 Å². The number of hydrogen-bond acceptors (Lipinski definition) is 4. The topological polar surface area (TPSA) is 71.0 Å². The van der Waals surface area contributed by atoms with Gasteiger partial charge in [-0.3, -0.25) is 4.79 Å². The number of hydrogen-bond donors (Lipinski definition) is 1. The van der Waals surface area contributed by atoms with Gasteiger partial charge in [0.1, 0.15) is 5.41 Å². The number of nitrogens with zero attached hydrogens (tertiary/aromatic N) is 2. The van der Waals surface area contributed by atoms with E-state index in [2.05, 4.69) is 5.10 Å². The van der Waals surface area contributed by atoms with Crippen LogP contribution in [0, 0.1) is 5.41 Å². The van der Waals surface area contributed by atoms with Crippen molar-refractivity contribution in [3.63, 3.8) is 0 Å². The lowest BCUT2D eigenvalue weighted by atomic mass is 9.82. The van der Waals surface area contributed by atoms with E-state index in [-0.39, 0.29) is 12.3 Å². The summed E-state index contributed by atoms with van der Waals surface area (Å²) in [6.07, 6.45) is -4.91. The SMILES string of the molecule is COC(=O)C1(C)CN(C(=O)NC(F)(F)F)N=C1c1ccc(Cl)cc1. The summed E-state index contributed by atoms with van der Waals surface area (Å²) in [6, 6.07) is 4.69. The molecule has 0 saturated heterocycles. The number of alkyl halides is 3. The highest BCUT2D eigenvalue weighted by Crippen LogP contribution is 2.33. The predicted octanol–water partition coefficient (Wildman–Crippen LogP) is 2.77. The Bertz CT molecular complexity index is 691. The minimum Gasteiger partial charge on any atom is -0.468 e. The Morgan fingerprint density at radius 3 is 2.42 bits per heavy atom. The van der Waals surface area contributed by atoms with Gasteiger partial charge in [-0.15, -0.1) is 0 Å². The quantitative estimate of drug-likeness (QED) is 0.648. The fraction of sp³-hybridized carbons (Fsp3) is 0.357. The number of urea groups is 1. The second kappa shape index (κ2) is 6.31. The summed E-state index contributed by atoms with van der Waals surface area (Å²) in [7, 11) is 1.14. The van der Waals surface area contributed by atoms with Crippen molar-refractivity contribution in [1.29, 1.82) is 0 Å². The highest BCUT2D eigenvalue weighted by atomic mass is 35.5. The van der Waals surface area contributed by atoms with Gasteiger partial charge in [-0.25, -0.2) is 15.1 Å². The van der Waals surface area contributed by atoms with Crippen molar-refractivity contribution in [2.45, 2.75) is 13.2 Å². The molecule has 0 bridgehead atoms. The third kappa shape index (κ3) is 3.61. The molecule has 2 amide bonds. The summed E-state index contributed by atoms with van der Waals surface area (Å²) in [5.74, 6) is -0.724. The Morgan fingerprint density at radius 2 is 1.92 bits per heavy atom. The van der Waals surface area contributed by atoms with Gasteiger partial charge in [0.25, 0.3) is 0 Å². The second-order valence-electron chi connectivity index (χ2n) is 5.26. The number of carbonyl (C=O) groups is 2. The van der Waals surface area contributed by atoms with Crippen LogP contribution in [-0.2, 0) is 9.53 Å². The molecule has 10 heteroatoms. The molecule has 1 aromatic rings. The molecule has 1 heterocycles. The fourth-order valence-electron chi connectivity index (χ4n) is 2.31.